The number of hydrogen-bond acceptors (Lipinski definition) is 1. The Balaban J connectivity index is 2.57. The van der Waals surface area contributed by atoms with E-state index in [1.54, 1.807) is 0 Å². The van der Waals surface area contributed by atoms with Gasteiger partial charge in [-0.3, -0.25) is 0 Å². The Hall–Kier alpha value is -1.08. The Bertz CT molecular complexity index is 352. The van der Waals surface area contributed by atoms with E-state index in [2.05, 4.69) is 31.7 Å². The summed E-state index contributed by atoms with van der Waals surface area (Å²) in [7, 11) is 0. The van der Waals surface area contributed by atoms with E-state index in [4.69, 9.17) is 5.73 Å². The highest BCUT2D eigenvalue weighted by Crippen LogP contribution is 2.34. The molecule has 0 amide bonds. The molecule has 0 fully saturated rings. The van der Waals surface area contributed by atoms with Gasteiger partial charge < -0.3 is 5.73 Å². The van der Waals surface area contributed by atoms with Crippen LogP contribution >= 0.6 is 0 Å². The molecular formula is C12H15N. The van der Waals surface area contributed by atoms with Crippen LogP contribution < -0.4 is 5.73 Å². The molecule has 0 saturated heterocycles. The molecule has 1 atom stereocenters. The highest BCUT2D eigenvalue weighted by molar-refractivity contribution is 5.69. The van der Waals surface area contributed by atoms with Crippen LogP contribution in [-0.2, 0) is 0 Å². The molecule has 68 valence electrons. The van der Waals surface area contributed by atoms with Crippen LogP contribution in [0.1, 0.15) is 35.6 Å². The molecule has 1 aliphatic rings. The second-order valence-corrected chi connectivity index (χ2v) is 3.84. The summed E-state index contributed by atoms with van der Waals surface area (Å²) in [5.41, 5.74) is 11.1. The lowest BCUT2D eigenvalue weighted by molar-refractivity contribution is 0.646. The Labute approximate surface area is 79.3 Å². The van der Waals surface area contributed by atoms with Crippen LogP contribution in [-0.4, -0.2) is 0 Å². The van der Waals surface area contributed by atoms with Gasteiger partial charge in [-0.1, -0.05) is 30.3 Å². The topological polar surface area (TPSA) is 26.0 Å². The van der Waals surface area contributed by atoms with Crippen molar-refractivity contribution >= 4 is 5.57 Å². The smallest absolute Gasteiger partial charge is 0.0304 e. The fourth-order valence-corrected chi connectivity index (χ4v) is 1.92. The third-order valence-corrected chi connectivity index (χ3v) is 2.75. The number of nitrogens with two attached hydrogens (primary N) is 1. The van der Waals surface area contributed by atoms with Gasteiger partial charge in [0.1, 0.15) is 0 Å². The number of aryl methyl sites for hydroxylation is 1. The van der Waals surface area contributed by atoms with Gasteiger partial charge in [0, 0.05) is 6.04 Å². The first-order chi connectivity index (χ1) is 6.18. The Kier molecular flexibility index (Phi) is 1.97. The standard InChI is InChI=1S/C12H15N/c1-8-3-5-10-11(7-8)9(2)4-6-12(10)13/h3,5,7,12H,2,4,6,13H2,1H3. The minimum absolute atomic E-state index is 0.209. The van der Waals surface area contributed by atoms with Gasteiger partial charge >= 0.3 is 0 Å². The minimum Gasteiger partial charge on any atom is -0.324 e. The Morgan fingerprint density at radius 2 is 2.23 bits per heavy atom. The summed E-state index contributed by atoms with van der Waals surface area (Å²) >= 11 is 0. The molecule has 0 heterocycles. The highest BCUT2D eigenvalue weighted by Gasteiger charge is 2.18. The number of rotatable bonds is 0. The number of fused-ring (bicyclic) bond motifs is 1. The molecule has 0 aliphatic heterocycles. The lowest BCUT2D eigenvalue weighted by Crippen LogP contribution is -2.16. The van der Waals surface area contributed by atoms with Crippen LogP contribution in [0, 0.1) is 6.92 Å². The summed E-state index contributed by atoms with van der Waals surface area (Å²) in [6.07, 6.45) is 2.08. The van der Waals surface area contributed by atoms with Crippen molar-refractivity contribution in [2.75, 3.05) is 0 Å². The second kappa shape index (κ2) is 3.00. The zero-order valence-electron chi connectivity index (χ0n) is 8.01. The van der Waals surface area contributed by atoms with Gasteiger partial charge in [-0.05, 0) is 36.5 Å². The molecule has 0 bridgehead atoms. The molecule has 2 rings (SSSR count). The van der Waals surface area contributed by atoms with E-state index in [0.29, 0.717) is 0 Å². The SMILES string of the molecule is C=C1CCC(N)c2ccc(C)cc21. The van der Waals surface area contributed by atoms with Gasteiger partial charge in [0.2, 0.25) is 0 Å². The maximum atomic E-state index is 6.02. The van der Waals surface area contributed by atoms with Gasteiger partial charge in [-0.25, -0.2) is 0 Å². The first-order valence-electron chi connectivity index (χ1n) is 4.73. The predicted octanol–water partition coefficient (Wildman–Crippen LogP) is 2.80. The molecule has 1 aromatic rings. The van der Waals surface area contributed by atoms with Crippen molar-refractivity contribution in [3.05, 3.63) is 41.5 Å². The highest BCUT2D eigenvalue weighted by atomic mass is 14.6. The van der Waals surface area contributed by atoms with Crippen LogP contribution in [0.25, 0.3) is 5.57 Å². The van der Waals surface area contributed by atoms with Crippen molar-refractivity contribution in [3.8, 4) is 0 Å². The third kappa shape index (κ3) is 1.40. The molecule has 0 saturated carbocycles. The predicted molar refractivity (Wildman–Crippen MR) is 56.4 cm³/mol. The van der Waals surface area contributed by atoms with Crippen molar-refractivity contribution in [1.82, 2.24) is 0 Å². The molecule has 1 heteroatoms. The zero-order chi connectivity index (χ0) is 9.42. The fraction of sp³-hybridized carbons (Fsp3) is 0.333. The van der Waals surface area contributed by atoms with E-state index in [1.807, 2.05) is 0 Å². The van der Waals surface area contributed by atoms with E-state index in [9.17, 15) is 0 Å². The van der Waals surface area contributed by atoms with Crippen LogP contribution in [0.15, 0.2) is 24.8 Å². The molecule has 13 heavy (non-hydrogen) atoms. The first kappa shape index (κ1) is 8.52. The van der Waals surface area contributed by atoms with Gasteiger partial charge in [0.15, 0.2) is 0 Å². The van der Waals surface area contributed by atoms with E-state index >= 15 is 0 Å². The molecule has 0 spiro atoms. The number of hydrogen-bond donors (Lipinski definition) is 1. The lowest BCUT2D eigenvalue weighted by atomic mass is 9.84. The summed E-state index contributed by atoms with van der Waals surface area (Å²) in [5.74, 6) is 0. The Morgan fingerprint density at radius 1 is 1.46 bits per heavy atom. The van der Waals surface area contributed by atoms with Crippen LogP contribution in [0.5, 0.6) is 0 Å². The zero-order valence-corrected chi connectivity index (χ0v) is 8.01. The van der Waals surface area contributed by atoms with Crippen molar-refractivity contribution in [2.24, 2.45) is 5.73 Å². The van der Waals surface area contributed by atoms with Gasteiger partial charge in [-0.15, -0.1) is 0 Å². The van der Waals surface area contributed by atoms with Crippen molar-refractivity contribution < 1.29 is 0 Å². The first-order valence-corrected chi connectivity index (χ1v) is 4.73. The summed E-state index contributed by atoms with van der Waals surface area (Å²) in [5, 5.41) is 0. The van der Waals surface area contributed by atoms with Gasteiger partial charge in [0.25, 0.3) is 0 Å². The largest absolute Gasteiger partial charge is 0.324 e. The maximum Gasteiger partial charge on any atom is 0.0304 e. The molecular weight excluding hydrogens is 158 g/mol. The minimum atomic E-state index is 0.209. The van der Waals surface area contributed by atoms with E-state index < -0.39 is 0 Å². The van der Waals surface area contributed by atoms with Crippen LogP contribution in [0.2, 0.25) is 0 Å². The molecule has 1 nitrogen and oxygen atoms in total. The van der Waals surface area contributed by atoms with Gasteiger partial charge in [-0.2, -0.15) is 0 Å². The second-order valence-electron chi connectivity index (χ2n) is 3.84. The normalized spacial score (nSPS) is 21.4. The molecule has 0 radical (unpaired) electrons. The third-order valence-electron chi connectivity index (χ3n) is 2.75. The maximum absolute atomic E-state index is 6.02. The molecule has 2 N–H and O–H groups in total. The van der Waals surface area contributed by atoms with Crippen LogP contribution in [0.3, 0.4) is 0 Å². The summed E-state index contributed by atoms with van der Waals surface area (Å²) in [6, 6.07) is 6.66. The average Bonchev–Trinajstić information content (AvgIpc) is 2.12. The van der Waals surface area contributed by atoms with Crippen molar-refractivity contribution in [2.45, 2.75) is 25.8 Å². The summed E-state index contributed by atoms with van der Waals surface area (Å²) in [4.78, 5) is 0. The number of benzene rings is 1. The summed E-state index contributed by atoms with van der Waals surface area (Å²) < 4.78 is 0. The van der Waals surface area contributed by atoms with E-state index in [0.717, 1.165) is 12.8 Å². The quantitative estimate of drug-likeness (QED) is 0.641. The molecule has 1 unspecified atom stereocenters. The van der Waals surface area contributed by atoms with E-state index in [-0.39, 0.29) is 6.04 Å². The van der Waals surface area contributed by atoms with Crippen molar-refractivity contribution in [3.63, 3.8) is 0 Å². The molecule has 1 aliphatic carbocycles. The summed E-state index contributed by atoms with van der Waals surface area (Å²) in [6.45, 7) is 6.18. The lowest BCUT2D eigenvalue weighted by Gasteiger charge is -2.24. The molecule has 1 aromatic carbocycles. The number of allylic oxidation sites excluding steroid dienone is 1. The molecule has 0 aromatic heterocycles. The Morgan fingerprint density at radius 3 is 3.00 bits per heavy atom. The van der Waals surface area contributed by atoms with Crippen molar-refractivity contribution in [1.29, 1.82) is 0 Å². The fourth-order valence-electron chi connectivity index (χ4n) is 1.92. The van der Waals surface area contributed by atoms with Crippen LogP contribution in [0.4, 0.5) is 0 Å². The van der Waals surface area contributed by atoms with Gasteiger partial charge in [0.05, 0.1) is 0 Å². The average molecular weight is 173 g/mol. The van der Waals surface area contributed by atoms with E-state index in [1.165, 1.54) is 22.3 Å². The monoisotopic (exact) mass is 173 g/mol.